The highest BCUT2D eigenvalue weighted by atomic mass is 79.9. The highest BCUT2D eigenvalue weighted by Gasteiger charge is 2.22. The van der Waals surface area contributed by atoms with Gasteiger partial charge in [-0.05, 0) is 41.4 Å². The molecule has 1 unspecified atom stereocenters. The smallest absolute Gasteiger partial charge is 0.142 e. The van der Waals surface area contributed by atoms with Gasteiger partial charge in [0.25, 0.3) is 0 Å². The summed E-state index contributed by atoms with van der Waals surface area (Å²) in [5.41, 5.74) is 0.786. The fourth-order valence-corrected chi connectivity index (χ4v) is 3.15. The lowest BCUT2D eigenvalue weighted by molar-refractivity contribution is 0.402. The van der Waals surface area contributed by atoms with Crippen molar-refractivity contribution in [3.63, 3.8) is 0 Å². The zero-order chi connectivity index (χ0) is 12.3. The molecule has 0 aromatic heterocycles. The van der Waals surface area contributed by atoms with Crippen molar-refractivity contribution in [2.45, 2.75) is 38.1 Å². The Morgan fingerprint density at radius 1 is 1.41 bits per heavy atom. The topological polar surface area (TPSA) is 12.0 Å². The van der Waals surface area contributed by atoms with Crippen molar-refractivity contribution in [2.75, 3.05) is 7.05 Å². The van der Waals surface area contributed by atoms with Gasteiger partial charge in [0.05, 0.1) is 4.47 Å². The van der Waals surface area contributed by atoms with Gasteiger partial charge < -0.3 is 5.32 Å². The lowest BCUT2D eigenvalue weighted by atomic mass is 9.93. The van der Waals surface area contributed by atoms with E-state index in [9.17, 15) is 4.39 Å². The maximum atomic E-state index is 14.0. The molecule has 2 rings (SSSR count). The summed E-state index contributed by atoms with van der Waals surface area (Å²) in [4.78, 5) is 0. The van der Waals surface area contributed by atoms with E-state index in [-0.39, 0.29) is 11.9 Å². The van der Waals surface area contributed by atoms with Gasteiger partial charge in [0.1, 0.15) is 5.82 Å². The van der Waals surface area contributed by atoms with Crippen molar-refractivity contribution < 1.29 is 4.39 Å². The molecule has 1 aromatic carbocycles. The number of halogens is 2. The van der Waals surface area contributed by atoms with Gasteiger partial charge in [0.2, 0.25) is 0 Å². The van der Waals surface area contributed by atoms with E-state index >= 15 is 0 Å². The molecule has 0 bridgehead atoms. The van der Waals surface area contributed by atoms with Gasteiger partial charge in [-0.3, -0.25) is 0 Å². The fourth-order valence-electron chi connectivity index (χ4n) is 2.77. The van der Waals surface area contributed by atoms with Crippen LogP contribution < -0.4 is 5.32 Å². The molecule has 0 saturated heterocycles. The minimum absolute atomic E-state index is 0.121. The van der Waals surface area contributed by atoms with Gasteiger partial charge >= 0.3 is 0 Å². The van der Waals surface area contributed by atoms with Crippen molar-refractivity contribution >= 4 is 15.9 Å². The molecule has 94 valence electrons. The van der Waals surface area contributed by atoms with Gasteiger partial charge in [0, 0.05) is 11.6 Å². The maximum absolute atomic E-state index is 14.0. The van der Waals surface area contributed by atoms with Crippen LogP contribution in [0.3, 0.4) is 0 Å². The van der Waals surface area contributed by atoms with Gasteiger partial charge in [0.15, 0.2) is 0 Å². The minimum Gasteiger partial charge on any atom is -0.313 e. The average Bonchev–Trinajstić information content (AvgIpc) is 2.83. The molecule has 17 heavy (non-hydrogen) atoms. The summed E-state index contributed by atoms with van der Waals surface area (Å²) < 4.78 is 14.6. The number of hydrogen-bond acceptors (Lipinski definition) is 1. The van der Waals surface area contributed by atoms with Gasteiger partial charge in [-0.15, -0.1) is 0 Å². The van der Waals surface area contributed by atoms with Crippen LogP contribution in [0.5, 0.6) is 0 Å². The third kappa shape index (κ3) is 3.08. The van der Waals surface area contributed by atoms with Gasteiger partial charge in [-0.25, -0.2) is 4.39 Å². The van der Waals surface area contributed by atoms with Gasteiger partial charge in [-0.1, -0.05) is 37.8 Å². The van der Waals surface area contributed by atoms with Crippen LogP contribution in [0.15, 0.2) is 22.7 Å². The molecule has 0 amide bonds. The molecule has 1 atom stereocenters. The second kappa shape index (κ2) is 5.96. The molecule has 1 nitrogen and oxygen atoms in total. The molecular weight excluding hydrogens is 281 g/mol. The van der Waals surface area contributed by atoms with E-state index in [4.69, 9.17) is 0 Å². The lowest BCUT2D eigenvalue weighted by Gasteiger charge is -2.21. The summed E-state index contributed by atoms with van der Waals surface area (Å²) >= 11 is 3.25. The normalized spacial score (nSPS) is 18.5. The zero-order valence-corrected chi connectivity index (χ0v) is 11.8. The summed E-state index contributed by atoms with van der Waals surface area (Å²) in [6, 6.07) is 5.68. The second-order valence-electron chi connectivity index (χ2n) is 4.87. The molecule has 0 radical (unpaired) electrons. The quantitative estimate of drug-likeness (QED) is 0.867. The SMILES string of the molecule is CNC(CC1CCCC1)c1cccc(Br)c1F. The highest BCUT2D eigenvalue weighted by Crippen LogP contribution is 2.34. The van der Waals surface area contributed by atoms with Crippen LogP contribution in [-0.4, -0.2) is 7.05 Å². The Labute approximate surface area is 111 Å². The third-order valence-electron chi connectivity index (χ3n) is 3.75. The van der Waals surface area contributed by atoms with Crippen LogP contribution >= 0.6 is 15.9 Å². The summed E-state index contributed by atoms with van der Waals surface area (Å²) in [5.74, 6) is 0.635. The molecule has 1 saturated carbocycles. The van der Waals surface area contributed by atoms with E-state index in [0.717, 1.165) is 17.9 Å². The number of benzene rings is 1. The van der Waals surface area contributed by atoms with Gasteiger partial charge in [-0.2, -0.15) is 0 Å². The van der Waals surface area contributed by atoms with E-state index in [1.165, 1.54) is 25.7 Å². The Morgan fingerprint density at radius 3 is 2.76 bits per heavy atom. The molecule has 3 heteroatoms. The molecule has 1 N–H and O–H groups in total. The molecule has 0 heterocycles. The van der Waals surface area contributed by atoms with E-state index < -0.39 is 0 Å². The van der Waals surface area contributed by atoms with Crippen molar-refractivity contribution in [3.8, 4) is 0 Å². The molecule has 1 aliphatic rings. The van der Waals surface area contributed by atoms with E-state index in [0.29, 0.717) is 4.47 Å². The van der Waals surface area contributed by atoms with Crippen molar-refractivity contribution in [1.29, 1.82) is 0 Å². The van der Waals surface area contributed by atoms with E-state index in [2.05, 4.69) is 21.2 Å². The Morgan fingerprint density at radius 2 is 2.12 bits per heavy atom. The van der Waals surface area contributed by atoms with Crippen LogP contribution in [0.4, 0.5) is 4.39 Å². The molecule has 1 aliphatic carbocycles. The minimum atomic E-state index is -0.121. The lowest BCUT2D eigenvalue weighted by Crippen LogP contribution is -2.20. The predicted octanol–water partition coefficient (Wildman–Crippen LogP) is 4.43. The van der Waals surface area contributed by atoms with Crippen molar-refractivity contribution in [1.82, 2.24) is 5.32 Å². The first kappa shape index (κ1) is 13.0. The third-order valence-corrected chi connectivity index (χ3v) is 4.36. The first-order valence-electron chi connectivity index (χ1n) is 6.33. The Hall–Kier alpha value is -0.410. The average molecular weight is 300 g/mol. The number of hydrogen-bond donors (Lipinski definition) is 1. The first-order valence-corrected chi connectivity index (χ1v) is 7.13. The molecule has 0 aliphatic heterocycles. The molecular formula is C14H19BrFN. The zero-order valence-electron chi connectivity index (χ0n) is 10.2. The fraction of sp³-hybridized carbons (Fsp3) is 0.571. The van der Waals surface area contributed by atoms with Crippen LogP contribution in [-0.2, 0) is 0 Å². The Kier molecular flexibility index (Phi) is 4.57. The molecule has 0 spiro atoms. The number of rotatable bonds is 4. The number of nitrogens with one attached hydrogen (secondary N) is 1. The van der Waals surface area contributed by atoms with Crippen LogP contribution in [0.2, 0.25) is 0 Å². The monoisotopic (exact) mass is 299 g/mol. The van der Waals surface area contributed by atoms with Crippen LogP contribution in [0, 0.1) is 11.7 Å². The summed E-state index contributed by atoms with van der Waals surface area (Å²) in [6.45, 7) is 0. The Bertz CT molecular complexity index is 374. The summed E-state index contributed by atoms with van der Waals surface area (Å²) in [7, 11) is 1.92. The van der Waals surface area contributed by atoms with E-state index in [1.807, 2.05) is 19.2 Å². The largest absolute Gasteiger partial charge is 0.313 e. The first-order chi connectivity index (χ1) is 8.22. The van der Waals surface area contributed by atoms with Crippen molar-refractivity contribution in [2.24, 2.45) is 5.92 Å². The molecule has 1 fully saturated rings. The van der Waals surface area contributed by atoms with E-state index in [1.54, 1.807) is 6.07 Å². The standard InChI is InChI=1S/C14H19BrFN/c1-17-13(9-10-5-2-3-6-10)11-7-4-8-12(15)14(11)16/h4,7-8,10,13,17H,2-3,5-6,9H2,1H3. The van der Waals surface area contributed by atoms with Crippen LogP contribution in [0.25, 0.3) is 0 Å². The maximum Gasteiger partial charge on any atom is 0.142 e. The molecule has 1 aromatic rings. The summed E-state index contributed by atoms with van der Waals surface area (Å²) in [6.07, 6.45) is 6.32. The Balaban J connectivity index is 2.13. The highest BCUT2D eigenvalue weighted by molar-refractivity contribution is 9.10. The predicted molar refractivity (Wildman–Crippen MR) is 72.5 cm³/mol. The second-order valence-corrected chi connectivity index (χ2v) is 5.72. The summed E-state index contributed by atoms with van der Waals surface area (Å²) in [5, 5.41) is 3.25. The van der Waals surface area contributed by atoms with Crippen LogP contribution in [0.1, 0.15) is 43.7 Å². The van der Waals surface area contributed by atoms with Crippen molar-refractivity contribution in [3.05, 3.63) is 34.1 Å².